The minimum atomic E-state index is 0.0931. The molecule has 0 fully saturated rings. The van der Waals surface area contributed by atoms with Crippen molar-refractivity contribution in [3.63, 3.8) is 0 Å². The largest absolute Gasteiger partial charge is 0.457 e. The molecule has 1 nitrogen and oxygen atoms in total. The molecule has 1 heteroatoms. The summed E-state index contributed by atoms with van der Waals surface area (Å²) in [5, 5.41) is 0. The molecule has 0 aromatic carbocycles. The fraction of sp³-hybridized carbons (Fsp3) is 0.231. The Morgan fingerprint density at radius 3 is 2.57 bits per heavy atom. The lowest BCUT2D eigenvalue weighted by Crippen LogP contribution is -2.00. The van der Waals surface area contributed by atoms with Crippen molar-refractivity contribution in [3.8, 4) is 0 Å². The first-order valence-corrected chi connectivity index (χ1v) is 4.74. The van der Waals surface area contributed by atoms with Gasteiger partial charge in [-0.05, 0) is 18.2 Å². The molecule has 2 aliphatic rings. The van der Waals surface area contributed by atoms with Crippen molar-refractivity contribution in [1.29, 1.82) is 0 Å². The van der Waals surface area contributed by atoms with Crippen LogP contribution in [-0.4, -0.2) is 0 Å². The Morgan fingerprint density at radius 1 is 1.07 bits per heavy atom. The van der Waals surface area contributed by atoms with E-state index in [0.29, 0.717) is 5.76 Å². The number of allylic oxidation sites excluding steroid dienone is 7. The molecule has 2 rings (SSSR count). The van der Waals surface area contributed by atoms with Crippen molar-refractivity contribution in [2.45, 2.75) is 13.8 Å². The van der Waals surface area contributed by atoms with Crippen LogP contribution in [-0.2, 0) is 4.74 Å². The Kier molecular flexibility index (Phi) is 1.95. The van der Waals surface area contributed by atoms with Crippen LogP contribution >= 0.6 is 0 Å². The van der Waals surface area contributed by atoms with Gasteiger partial charge < -0.3 is 4.74 Å². The first-order valence-electron chi connectivity index (χ1n) is 4.74. The fourth-order valence-corrected chi connectivity index (χ4v) is 1.42. The highest BCUT2D eigenvalue weighted by molar-refractivity contribution is 5.46. The monoisotopic (exact) mass is 186 g/mol. The van der Waals surface area contributed by atoms with Crippen molar-refractivity contribution in [2.75, 3.05) is 0 Å². The molecule has 0 N–H and O–H groups in total. The van der Waals surface area contributed by atoms with E-state index in [1.54, 1.807) is 0 Å². The predicted octanol–water partition coefficient (Wildman–Crippen LogP) is 3.49. The highest BCUT2D eigenvalue weighted by Gasteiger charge is 2.15. The van der Waals surface area contributed by atoms with Crippen LogP contribution in [0.5, 0.6) is 0 Å². The number of hydrogen-bond donors (Lipinski definition) is 0. The standard InChI is InChI=1S/C13H14O/c1-10-4-5-11-6-8-13(2,3)9-7-12(11)14-10/h4-9H,1H2,2-3H3. The molecule has 1 aliphatic carbocycles. The Labute approximate surface area is 84.8 Å². The average molecular weight is 186 g/mol. The summed E-state index contributed by atoms with van der Waals surface area (Å²) in [6.07, 6.45) is 12.3. The molecule has 0 aromatic rings. The SMILES string of the molecule is C=C1C=CC2=C(C=CC(C)(C)C=C2)O1. The molecule has 0 unspecified atom stereocenters. The van der Waals surface area contributed by atoms with E-state index in [2.05, 4.69) is 38.7 Å². The predicted molar refractivity (Wildman–Crippen MR) is 58.5 cm³/mol. The van der Waals surface area contributed by atoms with E-state index in [0.717, 1.165) is 11.3 Å². The maximum absolute atomic E-state index is 5.52. The van der Waals surface area contributed by atoms with Gasteiger partial charge in [0.2, 0.25) is 0 Å². The van der Waals surface area contributed by atoms with Crippen molar-refractivity contribution in [3.05, 3.63) is 60.1 Å². The third kappa shape index (κ3) is 1.72. The van der Waals surface area contributed by atoms with Gasteiger partial charge in [0.25, 0.3) is 0 Å². The molecule has 0 aromatic heterocycles. The molecule has 1 heterocycles. The van der Waals surface area contributed by atoms with E-state index < -0.39 is 0 Å². The van der Waals surface area contributed by atoms with Crippen LogP contribution in [0, 0.1) is 5.41 Å². The van der Waals surface area contributed by atoms with Gasteiger partial charge >= 0.3 is 0 Å². The average Bonchev–Trinajstić information content (AvgIpc) is 2.26. The molecule has 0 atom stereocenters. The van der Waals surface area contributed by atoms with E-state index in [9.17, 15) is 0 Å². The van der Waals surface area contributed by atoms with Gasteiger partial charge in [0.15, 0.2) is 0 Å². The third-order valence-corrected chi connectivity index (χ3v) is 2.33. The molecule has 14 heavy (non-hydrogen) atoms. The second kappa shape index (κ2) is 3.02. The number of ether oxygens (including phenoxy) is 1. The summed E-state index contributed by atoms with van der Waals surface area (Å²) in [6, 6.07) is 0. The molecule has 0 radical (unpaired) electrons. The van der Waals surface area contributed by atoms with Gasteiger partial charge in [-0.2, -0.15) is 0 Å². The summed E-state index contributed by atoms with van der Waals surface area (Å²) >= 11 is 0. The van der Waals surface area contributed by atoms with Crippen LogP contribution in [0.1, 0.15) is 13.8 Å². The first kappa shape index (κ1) is 9.07. The van der Waals surface area contributed by atoms with E-state index in [4.69, 9.17) is 4.74 Å². The lowest BCUT2D eigenvalue weighted by Gasteiger charge is -2.13. The summed E-state index contributed by atoms with van der Waals surface area (Å²) < 4.78 is 5.52. The second-order valence-electron chi connectivity index (χ2n) is 4.21. The van der Waals surface area contributed by atoms with Gasteiger partial charge in [-0.25, -0.2) is 0 Å². The number of rotatable bonds is 0. The summed E-state index contributed by atoms with van der Waals surface area (Å²) in [5.41, 5.74) is 1.20. The lowest BCUT2D eigenvalue weighted by atomic mass is 9.93. The third-order valence-electron chi connectivity index (χ3n) is 2.33. The summed E-state index contributed by atoms with van der Waals surface area (Å²) in [4.78, 5) is 0. The van der Waals surface area contributed by atoms with Gasteiger partial charge in [0, 0.05) is 11.0 Å². The Bertz CT molecular complexity index is 389. The van der Waals surface area contributed by atoms with E-state index in [1.165, 1.54) is 0 Å². The summed E-state index contributed by atoms with van der Waals surface area (Å²) in [6.45, 7) is 8.10. The zero-order chi connectivity index (χ0) is 10.2. The van der Waals surface area contributed by atoms with Crippen LogP contribution in [0.3, 0.4) is 0 Å². The molecule has 0 saturated carbocycles. The Morgan fingerprint density at radius 2 is 1.79 bits per heavy atom. The van der Waals surface area contributed by atoms with Gasteiger partial charge in [0.1, 0.15) is 11.5 Å². The smallest absolute Gasteiger partial charge is 0.134 e. The molecule has 0 spiro atoms. The molecule has 0 amide bonds. The van der Waals surface area contributed by atoms with E-state index >= 15 is 0 Å². The lowest BCUT2D eigenvalue weighted by molar-refractivity contribution is 0.331. The molecule has 0 saturated heterocycles. The summed E-state index contributed by atoms with van der Waals surface area (Å²) in [5.74, 6) is 1.58. The Balaban J connectivity index is 2.40. The normalized spacial score (nSPS) is 23.1. The van der Waals surface area contributed by atoms with E-state index in [1.807, 2.05) is 18.2 Å². The minimum absolute atomic E-state index is 0.0931. The minimum Gasteiger partial charge on any atom is -0.457 e. The van der Waals surface area contributed by atoms with Gasteiger partial charge in [-0.1, -0.05) is 38.7 Å². The highest BCUT2D eigenvalue weighted by Crippen LogP contribution is 2.29. The zero-order valence-electron chi connectivity index (χ0n) is 8.58. The molecular weight excluding hydrogens is 172 g/mol. The molecule has 0 bridgehead atoms. The van der Waals surface area contributed by atoms with Gasteiger partial charge in [-0.3, -0.25) is 0 Å². The molecular formula is C13H14O. The first-order chi connectivity index (χ1) is 6.57. The molecule has 1 aliphatic heterocycles. The van der Waals surface area contributed by atoms with Crippen molar-refractivity contribution in [2.24, 2.45) is 5.41 Å². The van der Waals surface area contributed by atoms with Crippen LogP contribution in [0.25, 0.3) is 0 Å². The second-order valence-corrected chi connectivity index (χ2v) is 4.21. The highest BCUT2D eigenvalue weighted by atomic mass is 16.5. The Hall–Kier alpha value is -1.50. The van der Waals surface area contributed by atoms with E-state index in [-0.39, 0.29) is 5.41 Å². The van der Waals surface area contributed by atoms with Gasteiger partial charge in [-0.15, -0.1) is 0 Å². The maximum Gasteiger partial charge on any atom is 0.134 e. The maximum atomic E-state index is 5.52. The summed E-state index contributed by atoms with van der Waals surface area (Å²) in [7, 11) is 0. The topological polar surface area (TPSA) is 9.23 Å². The quantitative estimate of drug-likeness (QED) is 0.562. The van der Waals surface area contributed by atoms with Crippen LogP contribution < -0.4 is 0 Å². The van der Waals surface area contributed by atoms with Crippen LogP contribution in [0.4, 0.5) is 0 Å². The fourth-order valence-electron chi connectivity index (χ4n) is 1.42. The van der Waals surface area contributed by atoms with Crippen molar-refractivity contribution >= 4 is 0 Å². The zero-order valence-corrected chi connectivity index (χ0v) is 8.58. The van der Waals surface area contributed by atoms with Crippen LogP contribution in [0.15, 0.2) is 60.1 Å². The van der Waals surface area contributed by atoms with Gasteiger partial charge in [0.05, 0.1) is 0 Å². The number of hydrogen-bond acceptors (Lipinski definition) is 1. The molecule has 72 valence electrons. The van der Waals surface area contributed by atoms with Crippen LogP contribution in [0.2, 0.25) is 0 Å². The van der Waals surface area contributed by atoms with Crippen molar-refractivity contribution < 1.29 is 4.74 Å². The van der Waals surface area contributed by atoms with Crippen molar-refractivity contribution in [1.82, 2.24) is 0 Å².